The van der Waals surface area contributed by atoms with E-state index < -0.39 is 0 Å². The van der Waals surface area contributed by atoms with Crippen LogP contribution in [0.5, 0.6) is 0 Å². The number of rotatable bonds is 5. The molecule has 0 radical (unpaired) electrons. The summed E-state index contributed by atoms with van der Waals surface area (Å²) in [5.41, 5.74) is 6.40. The van der Waals surface area contributed by atoms with Crippen molar-refractivity contribution in [1.82, 2.24) is 9.97 Å². The Morgan fingerprint density at radius 2 is 2.05 bits per heavy atom. The molecule has 2 rings (SSSR count). The third kappa shape index (κ3) is 3.25. The van der Waals surface area contributed by atoms with Crippen LogP contribution in [0.4, 0.5) is 0 Å². The molecule has 0 aliphatic rings. The minimum atomic E-state index is -0.243. The smallest absolute Gasteiger partial charge is 0.217 e. The van der Waals surface area contributed by atoms with E-state index in [1.54, 1.807) is 23.1 Å². The van der Waals surface area contributed by atoms with Crippen LogP contribution in [0.25, 0.3) is 10.2 Å². The maximum Gasteiger partial charge on any atom is 0.217 e. The zero-order valence-electron chi connectivity index (χ0n) is 11.3. The number of carbonyl (C=O) groups excluding carboxylic acids is 1. The van der Waals surface area contributed by atoms with Crippen molar-refractivity contribution in [1.29, 1.82) is 0 Å². The first-order chi connectivity index (χ1) is 8.99. The van der Waals surface area contributed by atoms with Crippen molar-refractivity contribution >= 4 is 39.2 Å². The fourth-order valence-electron chi connectivity index (χ4n) is 1.83. The number of carbonyl (C=O) groups is 1. The van der Waals surface area contributed by atoms with E-state index in [-0.39, 0.29) is 5.91 Å². The van der Waals surface area contributed by atoms with Gasteiger partial charge in [0.25, 0.3) is 0 Å². The SMILES string of the molecule is Cc1nc(SCCCC(N)=O)c2c(C)c(C)sc2n1. The number of thioether (sulfide) groups is 1. The summed E-state index contributed by atoms with van der Waals surface area (Å²) in [4.78, 5) is 22.1. The second kappa shape index (κ2) is 5.88. The fraction of sp³-hybridized carbons (Fsp3) is 0.462. The van der Waals surface area contributed by atoms with Crippen LogP contribution in [-0.4, -0.2) is 21.6 Å². The normalized spacial score (nSPS) is 11.1. The highest BCUT2D eigenvalue weighted by Crippen LogP contribution is 2.35. The van der Waals surface area contributed by atoms with E-state index in [2.05, 4.69) is 23.8 Å². The van der Waals surface area contributed by atoms with Gasteiger partial charge < -0.3 is 5.73 Å². The molecule has 0 aliphatic heterocycles. The number of nitrogens with zero attached hydrogens (tertiary/aromatic N) is 2. The molecular weight excluding hydrogens is 278 g/mol. The predicted molar refractivity (Wildman–Crippen MR) is 80.8 cm³/mol. The average molecular weight is 295 g/mol. The van der Waals surface area contributed by atoms with Crippen molar-refractivity contribution in [3.05, 3.63) is 16.3 Å². The van der Waals surface area contributed by atoms with Gasteiger partial charge in [-0.25, -0.2) is 9.97 Å². The molecule has 6 heteroatoms. The van der Waals surface area contributed by atoms with Crippen LogP contribution < -0.4 is 5.73 Å². The lowest BCUT2D eigenvalue weighted by molar-refractivity contribution is -0.118. The lowest BCUT2D eigenvalue weighted by Gasteiger charge is -2.04. The van der Waals surface area contributed by atoms with Gasteiger partial charge in [-0.1, -0.05) is 0 Å². The molecule has 2 N–H and O–H groups in total. The average Bonchev–Trinajstić information content (AvgIpc) is 2.60. The highest BCUT2D eigenvalue weighted by molar-refractivity contribution is 7.99. The predicted octanol–water partition coefficient (Wildman–Crippen LogP) is 2.97. The Morgan fingerprint density at radius 3 is 2.74 bits per heavy atom. The van der Waals surface area contributed by atoms with Gasteiger partial charge in [-0.05, 0) is 32.8 Å². The summed E-state index contributed by atoms with van der Waals surface area (Å²) in [6.45, 7) is 6.14. The van der Waals surface area contributed by atoms with Crippen molar-refractivity contribution in [2.24, 2.45) is 5.73 Å². The molecule has 0 saturated heterocycles. The van der Waals surface area contributed by atoms with Gasteiger partial charge in [-0.2, -0.15) is 0 Å². The van der Waals surface area contributed by atoms with Crippen molar-refractivity contribution in [3.8, 4) is 0 Å². The monoisotopic (exact) mass is 295 g/mol. The number of hydrogen-bond acceptors (Lipinski definition) is 5. The summed E-state index contributed by atoms with van der Waals surface area (Å²) in [5.74, 6) is 1.40. The minimum Gasteiger partial charge on any atom is -0.370 e. The molecule has 19 heavy (non-hydrogen) atoms. The Morgan fingerprint density at radius 1 is 1.32 bits per heavy atom. The lowest BCUT2D eigenvalue weighted by atomic mass is 10.2. The molecular formula is C13H17N3OS2. The molecule has 0 aliphatic carbocycles. The highest BCUT2D eigenvalue weighted by atomic mass is 32.2. The first kappa shape index (κ1) is 14.3. The second-order valence-corrected chi connectivity index (χ2v) is 6.74. The van der Waals surface area contributed by atoms with Crippen LogP contribution in [0.1, 0.15) is 29.1 Å². The van der Waals surface area contributed by atoms with Crippen molar-refractivity contribution in [2.75, 3.05) is 5.75 Å². The molecule has 2 heterocycles. The number of nitrogens with two attached hydrogens (primary N) is 1. The molecule has 0 bridgehead atoms. The largest absolute Gasteiger partial charge is 0.370 e. The topological polar surface area (TPSA) is 68.9 Å². The second-order valence-electron chi connectivity index (χ2n) is 4.46. The van der Waals surface area contributed by atoms with E-state index in [0.717, 1.165) is 33.2 Å². The summed E-state index contributed by atoms with van der Waals surface area (Å²) >= 11 is 3.39. The molecule has 0 atom stereocenters. The first-order valence-corrected chi connectivity index (χ1v) is 7.94. The molecule has 1 amide bonds. The summed E-state index contributed by atoms with van der Waals surface area (Å²) in [6.07, 6.45) is 1.22. The Kier molecular flexibility index (Phi) is 4.42. The molecule has 0 fully saturated rings. The number of aryl methyl sites for hydroxylation is 3. The van der Waals surface area contributed by atoms with Crippen molar-refractivity contribution in [3.63, 3.8) is 0 Å². The number of fused-ring (bicyclic) bond motifs is 1. The highest BCUT2D eigenvalue weighted by Gasteiger charge is 2.13. The van der Waals surface area contributed by atoms with Crippen LogP contribution in [0.15, 0.2) is 5.03 Å². The summed E-state index contributed by atoms with van der Waals surface area (Å²) in [6, 6.07) is 0. The van der Waals surface area contributed by atoms with E-state index in [4.69, 9.17) is 5.73 Å². The van der Waals surface area contributed by atoms with Crippen LogP contribution in [0, 0.1) is 20.8 Å². The van der Waals surface area contributed by atoms with Crippen molar-refractivity contribution in [2.45, 2.75) is 38.6 Å². The molecule has 102 valence electrons. The lowest BCUT2D eigenvalue weighted by Crippen LogP contribution is -2.10. The number of amides is 1. The number of primary amides is 1. The van der Waals surface area contributed by atoms with E-state index in [1.165, 1.54) is 10.4 Å². The molecule has 0 unspecified atom stereocenters. The summed E-state index contributed by atoms with van der Waals surface area (Å²) < 4.78 is 0. The van der Waals surface area contributed by atoms with E-state index in [9.17, 15) is 4.79 Å². The number of hydrogen-bond donors (Lipinski definition) is 1. The number of thiophene rings is 1. The van der Waals surface area contributed by atoms with Crippen LogP contribution in [0.3, 0.4) is 0 Å². The Balaban J connectivity index is 2.24. The molecule has 4 nitrogen and oxygen atoms in total. The third-order valence-electron chi connectivity index (χ3n) is 2.91. The van der Waals surface area contributed by atoms with Gasteiger partial charge in [0.05, 0.1) is 0 Å². The molecule has 2 aromatic rings. The van der Waals surface area contributed by atoms with Gasteiger partial charge in [0.2, 0.25) is 5.91 Å². The zero-order chi connectivity index (χ0) is 14.0. The molecule has 0 aromatic carbocycles. The maximum absolute atomic E-state index is 10.7. The maximum atomic E-state index is 10.7. The van der Waals surface area contributed by atoms with E-state index in [0.29, 0.717) is 6.42 Å². The summed E-state index contributed by atoms with van der Waals surface area (Å²) in [7, 11) is 0. The third-order valence-corrected chi connectivity index (χ3v) is 5.08. The fourth-order valence-corrected chi connectivity index (χ4v) is 4.05. The van der Waals surface area contributed by atoms with E-state index >= 15 is 0 Å². The first-order valence-electron chi connectivity index (χ1n) is 6.14. The van der Waals surface area contributed by atoms with Gasteiger partial charge >= 0.3 is 0 Å². The molecule has 0 saturated carbocycles. The molecule has 0 spiro atoms. The quantitative estimate of drug-likeness (QED) is 0.523. The van der Waals surface area contributed by atoms with Crippen molar-refractivity contribution < 1.29 is 4.79 Å². The van der Waals surface area contributed by atoms with Crippen LogP contribution >= 0.6 is 23.1 Å². The van der Waals surface area contributed by atoms with Gasteiger partial charge in [-0.3, -0.25) is 4.79 Å². The summed E-state index contributed by atoms with van der Waals surface area (Å²) in [5, 5.41) is 2.19. The van der Waals surface area contributed by atoms with Gasteiger partial charge in [0, 0.05) is 22.4 Å². The Bertz CT molecular complexity index is 622. The van der Waals surface area contributed by atoms with E-state index in [1.807, 2.05) is 6.92 Å². The van der Waals surface area contributed by atoms with Gasteiger partial charge in [-0.15, -0.1) is 23.1 Å². The zero-order valence-corrected chi connectivity index (χ0v) is 13.0. The number of aromatic nitrogens is 2. The standard InChI is InChI=1S/C13H17N3OS2/c1-7-8(2)19-13-11(7)12(15-9(3)16-13)18-6-4-5-10(14)17/h4-6H2,1-3H3,(H2,14,17). The van der Waals surface area contributed by atoms with Crippen LogP contribution in [-0.2, 0) is 4.79 Å². The Labute approximate surface area is 120 Å². The minimum absolute atomic E-state index is 0.243. The van der Waals surface area contributed by atoms with Gasteiger partial charge in [0.15, 0.2) is 0 Å². The molecule has 2 aromatic heterocycles. The van der Waals surface area contributed by atoms with Crippen LogP contribution in [0.2, 0.25) is 0 Å². The Hall–Kier alpha value is -1.14. The van der Waals surface area contributed by atoms with Gasteiger partial charge in [0.1, 0.15) is 15.7 Å².